The number of rotatable bonds is 2. The Kier molecular flexibility index (Phi) is 2.68. The van der Waals surface area contributed by atoms with Gasteiger partial charge in [0.1, 0.15) is 11.4 Å². The standard InChI is InChI=1S/C14H14N2O3/c15-6-5-14(18)8-16(9-14)13(17)12-7-10-3-1-2-4-11(10)19-12/h1-4,12,18H,5,7-9H2. The van der Waals surface area contributed by atoms with Crippen LogP contribution >= 0.6 is 0 Å². The molecular formula is C14H14N2O3. The van der Waals surface area contributed by atoms with Crippen molar-refractivity contribution in [1.29, 1.82) is 5.26 Å². The third kappa shape index (κ3) is 2.04. The molecule has 1 aromatic rings. The number of aliphatic hydroxyl groups is 1. The Hall–Kier alpha value is -2.06. The average Bonchev–Trinajstić information content (AvgIpc) is 2.79. The Morgan fingerprint density at radius 3 is 2.95 bits per heavy atom. The van der Waals surface area contributed by atoms with Gasteiger partial charge in [0, 0.05) is 6.42 Å². The first-order chi connectivity index (χ1) is 9.11. The van der Waals surface area contributed by atoms with E-state index in [2.05, 4.69) is 0 Å². The van der Waals surface area contributed by atoms with Crippen LogP contribution in [0.4, 0.5) is 0 Å². The Morgan fingerprint density at radius 2 is 2.26 bits per heavy atom. The van der Waals surface area contributed by atoms with E-state index in [1.165, 1.54) is 0 Å². The van der Waals surface area contributed by atoms with Crippen LogP contribution in [0.15, 0.2) is 24.3 Å². The van der Waals surface area contributed by atoms with E-state index in [1.807, 2.05) is 30.3 Å². The summed E-state index contributed by atoms with van der Waals surface area (Å²) in [5, 5.41) is 18.5. The lowest BCUT2D eigenvalue weighted by Gasteiger charge is -2.45. The number of amides is 1. The maximum Gasteiger partial charge on any atom is 0.264 e. The van der Waals surface area contributed by atoms with Crippen LogP contribution in [-0.2, 0) is 11.2 Å². The highest BCUT2D eigenvalue weighted by molar-refractivity contribution is 5.83. The minimum Gasteiger partial charge on any atom is -0.480 e. The molecule has 98 valence electrons. The second kappa shape index (κ2) is 4.25. The molecule has 0 aromatic heterocycles. The molecule has 5 nitrogen and oxygen atoms in total. The number of benzene rings is 1. The van der Waals surface area contributed by atoms with Gasteiger partial charge < -0.3 is 14.7 Å². The van der Waals surface area contributed by atoms with Crippen molar-refractivity contribution in [3.63, 3.8) is 0 Å². The molecule has 5 heteroatoms. The molecule has 2 aliphatic rings. The van der Waals surface area contributed by atoms with Gasteiger partial charge in [-0.05, 0) is 11.6 Å². The van der Waals surface area contributed by atoms with Gasteiger partial charge in [-0.3, -0.25) is 4.79 Å². The number of likely N-dealkylation sites (tertiary alicyclic amines) is 1. The first-order valence-corrected chi connectivity index (χ1v) is 6.24. The summed E-state index contributed by atoms with van der Waals surface area (Å²) in [5.74, 6) is 0.646. The molecule has 1 atom stereocenters. The van der Waals surface area contributed by atoms with Crippen molar-refractivity contribution in [1.82, 2.24) is 4.90 Å². The van der Waals surface area contributed by atoms with Crippen LogP contribution in [0.3, 0.4) is 0 Å². The lowest BCUT2D eigenvalue weighted by molar-refractivity contribution is -0.160. The fraction of sp³-hybridized carbons (Fsp3) is 0.429. The molecule has 1 aromatic carbocycles. The number of fused-ring (bicyclic) bond motifs is 1. The monoisotopic (exact) mass is 258 g/mol. The van der Waals surface area contributed by atoms with E-state index in [9.17, 15) is 9.90 Å². The maximum atomic E-state index is 12.2. The van der Waals surface area contributed by atoms with Crippen LogP contribution in [-0.4, -0.2) is 40.7 Å². The van der Waals surface area contributed by atoms with Gasteiger partial charge in [0.15, 0.2) is 6.10 Å². The number of nitrogens with zero attached hydrogens (tertiary/aromatic N) is 2. The summed E-state index contributed by atoms with van der Waals surface area (Å²) in [6.45, 7) is 0.436. The smallest absolute Gasteiger partial charge is 0.264 e. The summed E-state index contributed by atoms with van der Waals surface area (Å²) >= 11 is 0. The minimum atomic E-state index is -1.03. The molecule has 1 unspecified atom stereocenters. The van der Waals surface area contributed by atoms with Crippen molar-refractivity contribution in [3.05, 3.63) is 29.8 Å². The van der Waals surface area contributed by atoms with Crippen LogP contribution in [0.2, 0.25) is 0 Å². The summed E-state index contributed by atoms with van der Waals surface area (Å²) in [4.78, 5) is 13.7. The van der Waals surface area contributed by atoms with Crippen molar-refractivity contribution < 1.29 is 14.6 Å². The average molecular weight is 258 g/mol. The molecule has 0 spiro atoms. The largest absolute Gasteiger partial charge is 0.480 e. The Bertz CT molecular complexity index is 533. The van der Waals surface area contributed by atoms with Gasteiger partial charge in [0.25, 0.3) is 5.91 Å². The summed E-state index contributed by atoms with van der Waals surface area (Å²) in [6.07, 6.45) is 0.133. The van der Waals surface area contributed by atoms with Crippen LogP contribution in [0, 0.1) is 11.3 Å². The molecule has 3 rings (SSSR count). The third-order valence-electron chi connectivity index (χ3n) is 3.61. The number of para-hydroxylation sites is 1. The van der Waals surface area contributed by atoms with E-state index in [4.69, 9.17) is 10.00 Å². The first kappa shape index (κ1) is 12.0. The summed E-state index contributed by atoms with van der Waals surface area (Å²) in [6, 6.07) is 9.53. The normalized spacial score (nSPS) is 22.9. The zero-order chi connectivity index (χ0) is 13.5. The number of nitriles is 1. The van der Waals surface area contributed by atoms with Gasteiger partial charge in [-0.15, -0.1) is 0 Å². The Balaban J connectivity index is 1.62. The lowest BCUT2D eigenvalue weighted by Crippen LogP contribution is -2.65. The van der Waals surface area contributed by atoms with Crippen molar-refractivity contribution in [3.8, 4) is 11.8 Å². The molecule has 2 aliphatic heterocycles. The molecule has 1 fully saturated rings. The van der Waals surface area contributed by atoms with Gasteiger partial charge >= 0.3 is 0 Å². The van der Waals surface area contributed by atoms with E-state index in [-0.39, 0.29) is 25.4 Å². The molecule has 2 heterocycles. The fourth-order valence-electron chi connectivity index (χ4n) is 2.60. The highest BCUT2D eigenvalue weighted by Gasteiger charge is 2.46. The van der Waals surface area contributed by atoms with Gasteiger partial charge in [0.05, 0.1) is 25.6 Å². The topological polar surface area (TPSA) is 73.6 Å². The number of hydrogen-bond donors (Lipinski definition) is 1. The second-order valence-corrected chi connectivity index (χ2v) is 5.17. The quantitative estimate of drug-likeness (QED) is 0.837. The molecule has 0 saturated carbocycles. The minimum absolute atomic E-state index is 0.0581. The predicted molar refractivity (Wildman–Crippen MR) is 66.3 cm³/mol. The van der Waals surface area contributed by atoms with Crippen LogP contribution < -0.4 is 4.74 Å². The Morgan fingerprint density at radius 1 is 1.53 bits per heavy atom. The van der Waals surface area contributed by atoms with Gasteiger partial charge in [-0.1, -0.05) is 18.2 Å². The fourth-order valence-corrected chi connectivity index (χ4v) is 2.60. The van der Waals surface area contributed by atoms with Crippen molar-refractivity contribution in [2.24, 2.45) is 0 Å². The third-order valence-corrected chi connectivity index (χ3v) is 3.61. The SMILES string of the molecule is N#CCC1(O)CN(C(=O)C2Cc3ccccc3O2)C1. The number of ether oxygens (including phenoxy) is 1. The summed E-state index contributed by atoms with van der Waals surface area (Å²) in [5.41, 5.74) is 0.00392. The van der Waals surface area contributed by atoms with Gasteiger partial charge in [-0.2, -0.15) is 5.26 Å². The zero-order valence-corrected chi connectivity index (χ0v) is 10.4. The maximum absolute atomic E-state index is 12.2. The van der Waals surface area contributed by atoms with E-state index in [0.29, 0.717) is 6.42 Å². The van der Waals surface area contributed by atoms with E-state index < -0.39 is 11.7 Å². The molecule has 0 radical (unpaired) electrons. The van der Waals surface area contributed by atoms with E-state index in [0.717, 1.165) is 11.3 Å². The number of β-amino-alcohol motifs (C(OH)–C–C–N with tert-alkyl or cyclic N) is 1. The van der Waals surface area contributed by atoms with E-state index >= 15 is 0 Å². The summed E-state index contributed by atoms with van der Waals surface area (Å²) in [7, 11) is 0. The van der Waals surface area contributed by atoms with E-state index in [1.54, 1.807) is 4.90 Å². The highest BCUT2D eigenvalue weighted by Crippen LogP contribution is 2.31. The molecule has 19 heavy (non-hydrogen) atoms. The van der Waals surface area contributed by atoms with Gasteiger partial charge in [0.2, 0.25) is 0 Å². The predicted octanol–water partition coefficient (Wildman–Crippen LogP) is 0.477. The van der Waals surface area contributed by atoms with Crippen molar-refractivity contribution in [2.45, 2.75) is 24.5 Å². The molecule has 1 N–H and O–H groups in total. The summed E-state index contributed by atoms with van der Waals surface area (Å²) < 4.78 is 5.62. The molecular weight excluding hydrogens is 244 g/mol. The van der Waals surface area contributed by atoms with Crippen molar-refractivity contribution >= 4 is 5.91 Å². The highest BCUT2D eigenvalue weighted by atomic mass is 16.5. The molecule has 1 amide bonds. The zero-order valence-electron chi connectivity index (χ0n) is 10.4. The van der Waals surface area contributed by atoms with Crippen molar-refractivity contribution in [2.75, 3.05) is 13.1 Å². The Labute approximate surface area is 111 Å². The molecule has 0 bridgehead atoms. The van der Waals surface area contributed by atoms with Crippen LogP contribution in [0.5, 0.6) is 5.75 Å². The second-order valence-electron chi connectivity index (χ2n) is 5.17. The number of carbonyl (C=O) groups is 1. The van der Waals surface area contributed by atoms with Gasteiger partial charge in [-0.25, -0.2) is 0 Å². The lowest BCUT2D eigenvalue weighted by atomic mass is 9.90. The first-order valence-electron chi connectivity index (χ1n) is 6.24. The molecule has 0 aliphatic carbocycles. The molecule has 1 saturated heterocycles. The number of carbonyl (C=O) groups excluding carboxylic acids is 1. The van der Waals surface area contributed by atoms with Crippen LogP contribution in [0.1, 0.15) is 12.0 Å². The number of hydrogen-bond acceptors (Lipinski definition) is 4. The van der Waals surface area contributed by atoms with Crippen LogP contribution in [0.25, 0.3) is 0 Å².